The molecule has 1 aliphatic rings. The number of nitrogens with zero attached hydrogens (tertiary/aromatic N) is 1. The largest absolute Gasteiger partial charge is 0.496 e. The van der Waals surface area contributed by atoms with Crippen molar-refractivity contribution in [3.63, 3.8) is 0 Å². The van der Waals surface area contributed by atoms with E-state index in [1.54, 1.807) is 7.11 Å². The van der Waals surface area contributed by atoms with Crippen LogP contribution in [0.2, 0.25) is 0 Å². The van der Waals surface area contributed by atoms with Crippen molar-refractivity contribution in [2.24, 2.45) is 5.73 Å². The Morgan fingerprint density at radius 1 is 1.35 bits per heavy atom. The number of para-hydroxylation sites is 1. The van der Waals surface area contributed by atoms with Gasteiger partial charge >= 0.3 is 0 Å². The van der Waals surface area contributed by atoms with E-state index >= 15 is 0 Å². The van der Waals surface area contributed by atoms with Gasteiger partial charge < -0.3 is 10.5 Å². The van der Waals surface area contributed by atoms with E-state index in [-0.39, 0.29) is 11.9 Å². The molecule has 92 valence electrons. The number of hydrogen-bond donors (Lipinski definition) is 1. The first-order chi connectivity index (χ1) is 8.24. The number of ether oxygens (including phenoxy) is 1. The molecule has 0 saturated carbocycles. The fraction of sp³-hybridized carbons (Fsp3) is 0.462. The zero-order valence-electron chi connectivity index (χ0n) is 10.1. The van der Waals surface area contributed by atoms with E-state index in [0.29, 0.717) is 0 Å². The van der Waals surface area contributed by atoms with Gasteiger partial charge in [-0.3, -0.25) is 9.69 Å². The van der Waals surface area contributed by atoms with Crippen LogP contribution in [-0.4, -0.2) is 31.0 Å². The summed E-state index contributed by atoms with van der Waals surface area (Å²) in [5.41, 5.74) is 6.40. The average Bonchev–Trinajstić information content (AvgIpc) is 2.83. The number of amides is 1. The molecule has 1 unspecified atom stereocenters. The molecular formula is C13H18N2O2. The normalized spacial score (nSPS) is 17.9. The lowest BCUT2D eigenvalue weighted by atomic mass is 10.0. The first-order valence-electron chi connectivity index (χ1n) is 5.90. The van der Waals surface area contributed by atoms with E-state index < -0.39 is 0 Å². The number of carbonyl (C=O) groups excluding carboxylic acids is 1. The summed E-state index contributed by atoms with van der Waals surface area (Å²) in [5, 5.41) is 0. The molecule has 4 heteroatoms. The number of hydrogen-bond acceptors (Lipinski definition) is 3. The lowest BCUT2D eigenvalue weighted by Gasteiger charge is -2.26. The molecule has 0 aromatic heterocycles. The van der Waals surface area contributed by atoms with Crippen molar-refractivity contribution in [3.05, 3.63) is 29.8 Å². The summed E-state index contributed by atoms with van der Waals surface area (Å²) in [7, 11) is 1.61. The highest BCUT2D eigenvalue weighted by molar-refractivity contribution is 5.82. The highest BCUT2D eigenvalue weighted by Crippen LogP contribution is 2.31. The molecule has 2 N–H and O–H groups in total. The van der Waals surface area contributed by atoms with Crippen molar-refractivity contribution in [2.45, 2.75) is 18.9 Å². The summed E-state index contributed by atoms with van der Waals surface area (Å²) in [6.07, 6.45) is 2.25. The van der Waals surface area contributed by atoms with Gasteiger partial charge in [0.05, 0.1) is 7.11 Å². The molecule has 1 aliphatic heterocycles. The third-order valence-electron chi connectivity index (χ3n) is 3.21. The van der Waals surface area contributed by atoms with Crippen LogP contribution >= 0.6 is 0 Å². The highest BCUT2D eigenvalue weighted by Gasteiger charge is 2.29. The van der Waals surface area contributed by atoms with E-state index in [2.05, 4.69) is 4.90 Å². The van der Waals surface area contributed by atoms with Gasteiger partial charge in [0.25, 0.3) is 0 Å². The van der Waals surface area contributed by atoms with Gasteiger partial charge in [-0.05, 0) is 32.0 Å². The summed E-state index contributed by atoms with van der Waals surface area (Å²) >= 11 is 0. The number of nitrogens with two attached hydrogens (primary N) is 1. The smallest absolute Gasteiger partial charge is 0.239 e. The number of primary amides is 1. The van der Waals surface area contributed by atoms with Crippen LogP contribution in [0.1, 0.15) is 24.4 Å². The van der Waals surface area contributed by atoms with Gasteiger partial charge in [-0.25, -0.2) is 0 Å². The minimum Gasteiger partial charge on any atom is -0.496 e. The zero-order chi connectivity index (χ0) is 12.3. The summed E-state index contributed by atoms with van der Waals surface area (Å²) in [6, 6.07) is 7.20. The molecule has 0 aliphatic carbocycles. The second-order valence-corrected chi connectivity index (χ2v) is 4.29. The van der Waals surface area contributed by atoms with Crippen molar-refractivity contribution >= 4 is 5.91 Å². The number of methoxy groups -OCH3 is 1. The topological polar surface area (TPSA) is 55.6 Å². The Hall–Kier alpha value is -1.55. The molecular weight excluding hydrogens is 216 g/mol. The van der Waals surface area contributed by atoms with Gasteiger partial charge in [-0.2, -0.15) is 0 Å². The molecule has 1 aromatic carbocycles. The predicted molar refractivity (Wildman–Crippen MR) is 65.7 cm³/mol. The second-order valence-electron chi connectivity index (χ2n) is 4.29. The van der Waals surface area contributed by atoms with Crippen molar-refractivity contribution < 1.29 is 9.53 Å². The molecule has 1 saturated heterocycles. The highest BCUT2D eigenvalue weighted by atomic mass is 16.5. The fourth-order valence-electron chi connectivity index (χ4n) is 2.42. The molecule has 1 fully saturated rings. The molecule has 1 amide bonds. The maximum Gasteiger partial charge on any atom is 0.239 e. The Bertz CT molecular complexity index is 400. The molecule has 0 radical (unpaired) electrons. The maximum absolute atomic E-state index is 11.7. The quantitative estimate of drug-likeness (QED) is 0.854. The Morgan fingerprint density at radius 2 is 2.00 bits per heavy atom. The third-order valence-corrected chi connectivity index (χ3v) is 3.21. The molecule has 0 bridgehead atoms. The lowest BCUT2D eigenvalue weighted by molar-refractivity contribution is -0.123. The molecule has 4 nitrogen and oxygen atoms in total. The second kappa shape index (κ2) is 5.19. The maximum atomic E-state index is 11.7. The van der Waals surface area contributed by atoms with E-state index in [9.17, 15) is 4.79 Å². The van der Waals surface area contributed by atoms with Crippen molar-refractivity contribution in [2.75, 3.05) is 20.2 Å². The average molecular weight is 234 g/mol. The van der Waals surface area contributed by atoms with Crippen LogP contribution in [-0.2, 0) is 4.79 Å². The Kier molecular flexibility index (Phi) is 3.64. The Labute approximate surface area is 101 Å². The first kappa shape index (κ1) is 11.9. The van der Waals surface area contributed by atoms with Crippen LogP contribution in [0.3, 0.4) is 0 Å². The van der Waals surface area contributed by atoms with Gasteiger partial charge in [0.1, 0.15) is 11.8 Å². The minimum absolute atomic E-state index is 0.309. The Balaban J connectivity index is 2.34. The summed E-state index contributed by atoms with van der Waals surface area (Å²) < 4.78 is 5.30. The van der Waals surface area contributed by atoms with Gasteiger partial charge in [0.15, 0.2) is 0 Å². The van der Waals surface area contributed by atoms with Gasteiger partial charge in [0.2, 0.25) is 5.91 Å². The van der Waals surface area contributed by atoms with Crippen LogP contribution in [0.4, 0.5) is 0 Å². The van der Waals surface area contributed by atoms with E-state index in [1.807, 2.05) is 24.3 Å². The number of carbonyl (C=O) groups is 1. The molecule has 1 heterocycles. The predicted octanol–water partition coefficient (Wildman–Crippen LogP) is 1.32. The number of likely N-dealkylation sites (tertiary alicyclic amines) is 1. The van der Waals surface area contributed by atoms with Crippen molar-refractivity contribution in [3.8, 4) is 5.75 Å². The van der Waals surface area contributed by atoms with Crippen LogP contribution in [0, 0.1) is 0 Å². The van der Waals surface area contributed by atoms with Gasteiger partial charge in [0, 0.05) is 5.56 Å². The van der Waals surface area contributed by atoms with E-state index in [0.717, 1.165) is 37.2 Å². The van der Waals surface area contributed by atoms with Crippen LogP contribution in [0.5, 0.6) is 5.75 Å². The Morgan fingerprint density at radius 3 is 2.59 bits per heavy atom. The van der Waals surface area contributed by atoms with Crippen LogP contribution in [0.25, 0.3) is 0 Å². The standard InChI is InChI=1S/C13H18N2O2/c1-17-11-7-3-2-6-10(11)12(13(14)16)15-8-4-5-9-15/h2-3,6-7,12H,4-5,8-9H2,1H3,(H2,14,16). The van der Waals surface area contributed by atoms with Crippen molar-refractivity contribution in [1.29, 1.82) is 0 Å². The van der Waals surface area contributed by atoms with Gasteiger partial charge in [-0.15, -0.1) is 0 Å². The van der Waals surface area contributed by atoms with Crippen LogP contribution < -0.4 is 10.5 Å². The van der Waals surface area contributed by atoms with Gasteiger partial charge in [-0.1, -0.05) is 18.2 Å². The van der Waals surface area contributed by atoms with Crippen LogP contribution in [0.15, 0.2) is 24.3 Å². The lowest BCUT2D eigenvalue weighted by Crippen LogP contribution is -2.36. The summed E-state index contributed by atoms with van der Waals surface area (Å²) in [4.78, 5) is 13.8. The van der Waals surface area contributed by atoms with Crippen molar-refractivity contribution in [1.82, 2.24) is 4.90 Å². The SMILES string of the molecule is COc1ccccc1C(C(N)=O)N1CCCC1. The molecule has 17 heavy (non-hydrogen) atoms. The molecule has 1 aromatic rings. The monoisotopic (exact) mass is 234 g/mol. The first-order valence-corrected chi connectivity index (χ1v) is 5.90. The fourth-order valence-corrected chi connectivity index (χ4v) is 2.42. The zero-order valence-corrected chi connectivity index (χ0v) is 10.1. The molecule has 0 spiro atoms. The molecule has 2 rings (SSSR count). The summed E-state index contributed by atoms with van der Waals surface area (Å²) in [5.74, 6) is 0.416. The third kappa shape index (κ3) is 2.42. The van der Waals surface area contributed by atoms with E-state index in [1.165, 1.54) is 0 Å². The number of rotatable bonds is 4. The number of benzene rings is 1. The van der Waals surface area contributed by atoms with E-state index in [4.69, 9.17) is 10.5 Å². The summed E-state index contributed by atoms with van der Waals surface area (Å²) in [6.45, 7) is 1.84. The molecule has 1 atom stereocenters. The minimum atomic E-state index is -0.367.